The summed E-state index contributed by atoms with van der Waals surface area (Å²) in [6.45, 7) is 38.1. The number of unbranched alkanes of at least 4 members (excludes halogenated alkanes) is 4. The van der Waals surface area contributed by atoms with E-state index in [9.17, 15) is 46.0 Å². The predicted octanol–water partition coefficient (Wildman–Crippen LogP) is -11.3. The van der Waals surface area contributed by atoms with E-state index in [1.165, 1.54) is 0 Å². The van der Waals surface area contributed by atoms with Gasteiger partial charge in [0.1, 0.15) is 0 Å². The van der Waals surface area contributed by atoms with Crippen molar-refractivity contribution in [2.24, 2.45) is 0 Å². The number of nitrogens with one attached hydrogen (secondary N) is 10. The van der Waals surface area contributed by atoms with Gasteiger partial charge < -0.3 is 228 Å². The first-order valence-corrected chi connectivity index (χ1v) is 61.5. The van der Waals surface area contributed by atoms with Crippen LogP contribution in [0.1, 0.15) is 139 Å². The molecule has 0 heterocycles. The fourth-order valence-corrected chi connectivity index (χ4v) is 16.1. The van der Waals surface area contributed by atoms with E-state index in [-0.39, 0.29) is 165 Å². The van der Waals surface area contributed by atoms with Crippen molar-refractivity contribution in [3.8, 4) is 0 Å². The van der Waals surface area contributed by atoms with Crippen molar-refractivity contribution in [3.05, 3.63) is 0 Å². The summed E-state index contributed by atoms with van der Waals surface area (Å²) >= 11 is 0. The molecule has 0 saturated heterocycles. The van der Waals surface area contributed by atoms with E-state index in [1.807, 2.05) is 67.2 Å². The molecular weight excluding hydrogens is 1920 g/mol. The molecule has 9 atom stereocenters. The lowest BCUT2D eigenvalue weighted by molar-refractivity contribution is -0.0601. The Hall–Kier alpha value is -0.659. The quantitative estimate of drug-likeness (QED) is 0.0199. The highest BCUT2D eigenvalue weighted by Crippen LogP contribution is 2.14. The number of hydrogen-bond donors (Lipinski definition) is 37. The maximum absolute atomic E-state index is 10.5. The van der Waals surface area contributed by atoms with Gasteiger partial charge in [-0.1, -0.05) is 12.8 Å². The molecule has 0 aliphatic heterocycles. The molecule has 0 aliphatic carbocycles. The molecule has 9 unspecified atom stereocenters. The summed E-state index contributed by atoms with van der Waals surface area (Å²) < 4.78 is 49.0. The molecule has 0 aliphatic rings. The van der Waals surface area contributed by atoms with E-state index >= 15 is 0 Å². The zero-order valence-electron chi connectivity index (χ0n) is 84.6. The van der Waals surface area contributed by atoms with Gasteiger partial charge in [-0.25, -0.2) is 0 Å². The van der Waals surface area contributed by atoms with Gasteiger partial charge >= 0.3 is 52.8 Å². The van der Waals surface area contributed by atoms with Gasteiger partial charge in [0.05, 0.1) is 131 Å². The van der Waals surface area contributed by atoms with Crippen LogP contribution in [0.4, 0.5) is 0 Å². The average molecular weight is 2120 g/mol. The largest absolute Gasteiger partial charge is 0.492 e. The predicted molar refractivity (Wildman–Crippen MR) is 533 cm³/mol. The van der Waals surface area contributed by atoms with E-state index in [1.54, 1.807) is 0 Å². The second-order valence-electron chi connectivity index (χ2n) is 38.1. The third-order valence-electron chi connectivity index (χ3n) is 19.4. The number of hydrogen-bond acceptors (Lipinski definition) is 49. The van der Waals surface area contributed by atoms with Crippen LogP contribution < -0.4 is 53.2 Å². The minimum atomic E-state index is -4.08. The van der Waals surface area contributed by atoms with Gasteiger partial charge in [0.15, 0.2) is 0 Å². The summed E-state index contributed by atoms with van der Waals surface area (Å²) in [6.07, 6.45) is 1.55. The molecule has 0 fully saturated rings. The topological polar surface area (TPSA) is 759 Å². The highest BCUT2D eigenvalue weighted by molar-refractivity contribution is 6.57. The molecule has 0 amide bonds. The van der Waals surface area contributed by atoms with Crippen LogP contribution in [0.5, 0.6) is 0 Å². The molecule has 0 aromatic carbocycles. The molecule has 0 bridgehead atoms. The van der Waals surface area contributed by atoms with Gasteiger partial charge in [-0.15, -0.1) is 0 Å². The molecule has 0 spiro atoms. The van der Waals surface area contributed by atoms with Crippen LogP contribution in [0.25, 0.3) is 0 Å². The highest BCUT2D eigenvalue weighted by atomic mass is 28.4. The summed E-state index contributed by atoms with van der Waals surface area (Å²) in [6, 6.07) is -0.561. The zero-order chi connectivity index (χ0) is 105. The molecule has 138 heavy (non-hydrogen) atoms. The Balaban J connectivity index is -0.00000198. The van der Waals surface area contributed by atoms with Crippen LogP contribution in [-0.4, -0.2) is 560 Å². The van der Waals surface area contributed by atoms with Crippen LogP contribution in [-0.2, 0) is 42.6 Å². The maximum Gasteiger partial charge on any atom is 0.492 e. The lowest BCUT2D eigenvalue weighted by atomic mass is 10.2. The van der Waals surface area contributed by atoms with Crippen molar-refractivity contribution in [2.45, 2.75) is 247 Å². The van der Waals surface area contributed by atoms with Crippen molar-refractivity contribution in [1.29, 1.82) is 0 Å². The van der Waals surface area contributed by atoms with E-state index in [4.69, 9.17) is 129 Å². The number of aliphatic hydroxyl groups is 9. The molecule has 0 radical (unpaired) electrons. The summed E-state index contributed by atoms with van der Waals surface area (Å²) in [5.41, 5.74) is -1.04. The van der Waals surface area contributed by atoms with E-state index < -0.39 is 108 Å². The Morgan fingerprint density at radius 1 is 0.196 bits per heavy atom. The highest BCUT2D eigenvalue weighted by Gasteiger charge is 2.31. The summed E-state index contributed by atoms with van der Waals surface area (Å²) in [5, 5.41) is 125. The minimum absolute atomic E-state index is 0.0495. The molecule has 37 N–H and O–H groups in total. The summed E-state index contributed by atoms with van der Waals surface area (Å²) in [4.78, 5) is 168. The monoisotopic (exact) mass is 2120 g/mol. The number of ether oxygens (including phenoxy) is 9. The Bertz CT molecular complexity index is 2610. The van der Waals surface area contributed by atoms with Crippen LogP contribution in [0.15, 0.2) is 0 Å². The van der Waals surface area contributed by atoms with Gasteiger partial charge in [-0.2, -0.15) is 0 Å². The van der Waals surface area contributed by atoms with Crippen molar-refractivity contribution >= 4 is 52.8 Å². The molecule has 0 saturated carbocycles. The SMILES string of the molecule is CC(C)(C)OCC(O)CN(CCCCCNCC(O)COCCC[Si](O)(O)O)CCNCCNCC(O)COCCC[Si](O)(O)O.CC(C)(C)OCC(O)CN(CCNCCCCCNCC(O)COCCC[Si](O)(O)O)CCNCC(O)COCCC[Si](O)(O)O.CC(C)(C)OCC(O)CN(CCNCCNCCNCCNCC(O)COCCC[Si](O)(O)O)CC(O)COCCC[Si](O)(O)O. The van der Waals surface area contributed by atoms with Gasteiger partial charge in [-0.3, -0.25) is 14.7 Å². The third kappa shape index (κ3) is 119. The number of nitrogens with zero attached hydrogens (tertiary/aromatic N) is 3. The van der Waals surface area contributed by atoms with E-state index in [0.717, 1.165) is 124 Å². The molecule has 49 nitrogen and oxygen atoms in total. The van der Waals surface area contributed by atoms with Gasteiger partial charge in [0.25, 0.3) is 0 Å². The zero-order valence-corrected chi connectivity index (χ0v) is 90.6. The molecule has 834 valence electrons. The van der Waals surface area contributed by atoms with Crippen LogP contribution in [0.3, 0.4) is 0 Å². The number of rotatable bonds is 96. The first-order chi connectivity index (χ1) is 64.4. The molecular formula is C83H197N13O36Si6. The van der Waals surface area contributed by atoms with Crippen molar-refractivity contribution in [2.75, 3.05) is 289 Å². The molecule has 0 aromatic rings. The first kappa shape index (κ1) is 141. The van der Waals surface area contributed by atoms with E-state index in [2.05, 4.69) is 63.0 Å². The summed E-state index contributed by atoms with van der Waals surface area (Å²) in [7, 11) is -24.2. The van der Waals surface area contributed by atoms with Crippen molar-refractivity contribution in [1.82, 2.24) is 67.9 Å². The molecule has 0 rings (SSSR count). The fraction of sp³-hybridized carbons (Fsp3) is 1.00. The standard InChI is InChI=1S/2C28H66N4O12Si2.C27H65N5O12Si2/c1-28(2,3)44-24-27(35)21-32(13-6-4-5-9-30-19-25(33)22-42-15-7-17-45(36,37)38)14-12-29-10-11-31-20-26(34)23-43-16-8-18-46(39,40)41;1-28(2,3)44-24-27(35)21-32(14-12-31-20-26(34)23-43-16-8-18-46(39,40)41)13-11-29-9-5-4-6-10-30-19-25(33)22-42-15-7-17-45(36,37)38;1-27(2,3)44-23-26(35)20-32(19-25(34)22-43-15-5-17-46(39,40)41)13-12-30-9-8-28-6-7-29-10-11-31-18-24(33)21-42-14-4-16-45(36,37)38/h2*25-27,29-31,33-41H,4-24H2,1-3H3;24-26,28-31,33-41H,4-23H2,1-3H3. The minimum Gasteiger partial charge on any atom is -0.390 e. The Morgan fingerprint density at radius 3 is 0.638 bits per heavy atom. The second kappa shape index (κ2) is 86.1. The van der Waals surface area contributed by atoms with Crippen molar-refractivity contribution < 1.29 is 175 Å². The molecule has 0 aromatic heterocycles. The van der Waals surface area contributed by atoms with Crippen molar-refractivity contribution in [3.63, 3.8) is 0 Å². The maximum atomic E-state index is 10.5. The van der Waals surface area contributed by atoms with Gasteiger partial charge in [0.2, 0.25) is 0 Å². The van der Waals surface area contributed by atoms with Crippen LogP contribution in [0.2, 0.25) is 36.3 Å². The second-order valence-corrected chi connectivity index (χ2v) is 50.4. The normalized spacial score (nSPS) is 15.1. The molecule has 55 heteroatoms. The van der Waals surface area contributed by atoms with Gasteiger partial charge in [0, 0.05) is 240 Å². The Labute approximate surface area is 827 Å². The third-order valence-corrected chi connectivity index (χ3v) is 25.6. The Kier molecular flexibility index (Phi) is 88.2. The fourth-order valence-electron chi connectivity index (χ4n) is 12.4. The van der Waals surface area contributed by atoms with Gasteiger partial charge in [-0.05, 0) is 153 Å². The van der Waals surface area contributed by atoms with E-state index in [0.29, 0.717) is 130 Å². The summed E-state index contributed by atoms with van der Waals surface area (Å²) in [5.74, 6) is 0. The Morgan fingerprint density at radius 2 is 0.377 bits per heavy atom. The smallest absolute Gasteiger partial charge is 0.390 e. The van der Waals surface area contributed by atoms with Crippen LogP contribution >= 0.6 is 0 Å². The number of aliphatic hydroxyl groups excluding tert-OH is 9. The first-order valence-electron chi connectivity index (χ1n) is 49.2. The van der Waals surface area contributed by atoms with Crippen LogP contribution in [0, 0.1) is 0 Å². The lowest BCUT2D eigenvalue weighted by Crippen LogP contribution is -2.45. The lowest BCUT2D eigenvalue weighted by Gasteiger charge is -2.29. The average Bonchev–Trinajstić information content (AvgIpc) is 0.974.